The Kier molecular flexibility index (Phi) is 15.2. The third-order valence-electron chi connectivity index (χ3n) is 13.7. The van der Waals surface area contributed by atoms with E-state index >= 15 is 0 Å². The Morgan fingerprint density at radius 1 is 1.00 bits per heavy atom. The van der Waals surface area contributed by atoms with Gasteiger partial charge >= 0.3 is 11.9 Å². The van der Waals surface area contributed by atoms with Crippen molar-refractivity contribution < 1.29 is 57.5 Å². The van der Waals surface area contributed by atoms with Gasteiger partial charge in [0.25, 0.3) is 5.91 Å². The van der Waals surface area contributed by atoms with E-state index in [0.717, 1.165) is 16.3 Å². The minimum atomic E-state index is -1.29. The van der Waals surface area contributed by atoms with Gasteiger partial charge in [0.1, 0.15) is 29.3 Å². The van der Waals surface area contributed by atoms with Gasteiger partial charge in [-0.1, -0.05) is 75.3 Å². The van der Waals surface area contributed by atoms with Gasteiger partial charge in [0.05, 0.1) is 49.5 Å². The third-order valence-corrected chi connectivity index (χ3v) is 13.7. The first-order valence-corrected chi connectivity index (χ1v) is 22.1. The lowest BCUT2D eigenvalue weighted by Crippen LogP contribution is -2.60. The minimum absolute atomic E-state index is 0.00511. The highest BCUT2D eigenvalue weighted by molar-refractivity contribution is 5.88. The molecule has 2 aromatic rings. The Labute approximate surface area is 365 Å². The number of hydrogen-bond acceptors (Lipinski definition) is 14. The molecule has 1 amide bonds. The number of nitrogens with zero attached hydrogens (tertiary/aromatic N) is 2. The number of fused-ring (bicyclic) bond motifs is 5. The van der Waals surface area contributed by atoms with Gasteiger partial charge in [-0.15, -0.1) is 0 Å². The van der Waals surface area contributed by atoms with Crippen molar-refractivity contribution in [3.63, 3.8) is 0 Å². The summed E-state index contributed by atoms with van der Waals surface area (Å²) in [7, 11) is 3.78. The second-order valence-corrected chi connectivity index (χ2v) is 18.6. The van der Waals surface area contributed by atoms with E-state index < -0.39 is 83.4 Å². The quantitative estimate of drug-likeness (QED) is 0.255. The number of likely N-dealkylation sites (N-methyl/N-ethyl adjacent to an activating group) is 1. The van der Waals surface area contributed by atoms with E-state index in [1.807, 2.05) is 96.1 Å². The third kappa shape index (κ3) is 10.2. The molecular weight excluding hydrogens is 799 g/mol. The number of aliphatic hydroxyl groups is 1. The molecule has 2 N–H and O–H groups in total. The molecule has 4 saturated heterocycles. The van der Waals surface area contributed by atoms with Crippen LogP contribution < -0.4 is 5.32 Å². The zero-order valence-electron chi connectivity index (χ0n) is 38.0. The number of nitrogens with one attached hydrogen (secondary N) is 1. The molecule has 14 atom stereocenters. The van der Waals surface area contributed by atoms with Gasteiger partial charge in [-0.25, -0.2) is 0 Å². The summed E-state index contributed by atoms with van der Waals surface area (Å²) >= 11 is 0. The van der Waals surface area contributed by atoms with E-state index in [4.69, 9.17) is 33.3 Å². The van der Waals surface area contributed by atoms with Crippen molar-refractivity contribution in [3.05, 3.63) is 48.0 Å². The molecule has 4 heterocycles. The van der Waals surface area contributed by atoms with Gasteiger partial charge in [-0.3, -0.25) is 19.2 Å². The molecule has 6 rings (SSSR count). The summed E-state index contributed by atoms with van der Waals surface area (Å²) in [6.45, 7) is 14.2. The number of cyclic esters (lactones) is 1. The van der Waals surface area contributed by atoms with Crippen LogP contribution in [0.1, 0.15) is 86.6 Å². The number of esters is 2. The molecule has 2 aromatic carbocycles. The highest BCUT2D eigenvalue weighted by atomic mass is 16.7. The van der Waals surface area contributed by atoms with Gasteiger partial charge in [-0.05, 0) is 77.4 Å². The maximum atomic E-state index is 14.6. The number of rotatable bonds is 9. The number of ketones is 1. The van der Waals surface area contributed by atoms with Crippen molar-refractivity contribution in [2.45, 2.75) is 142 Å². The predicted molar refractivity (Wildman–Crippen MR) is 230 cm³/mol. The molecule has 2 bridgehead atoms. The lowest BCUT2D eigenvalue weighted by molar-refractivity contribution is -0.302. The molecule has 62 heavy (non-hydrogen) atoms. The number of amides is 1. The summed E-state index contributed by atoms with van der Waals surface area (Å²) in [6.07, 6.45) is -4.00. The number of Topliss-reactive ketones (excluding diaryl/α,β-unsaturated/α-hetero) is 1. The summed E-state index contributed by atoms with van der Waals surface area (Å²) in [5, 5.41) is 21.0. The molecule has 15 heteroatoms. The molecule has 4 aliphatic heterocycles. The Bertz CT molecular complexity index is 1950. The largest absolute Gasteiger partial charge is 0.458 e. The monoisotopic (exact) mass is 865 g/mol. The molecule has 0 spiro atoms. The van der Waals surface area contributed by atoms with Crippen molar-refractivity contribution in [3.8, 4) is 0 Å². The molecule has 15 nitrogen and oxygen atoms in total. The lowest BCUT2D eigenvalue weighted by Gasteiger charge is -2.48. The average molecular weight is 866 g/mol. The summed E-state index contributed by atoms with van der Waals surface area (Å²) in [4.78, 5) is 62.5. The minimum Gasteiger partial charge on any atom is -0.458 e. The van der Waals surface area contributed by atoms with Crippen LogP contribution in [0.3, 0.4) is 0 Å². The molecule has 4 aliphatic rings. The first-order valence-electron chi connectivity index (χ1n) is 22.1. The first-order chi connectivity index (χ1) is 29.4. The number of carbonyl (C=O) groups excluding carboxylic acids is 4. The van der Waals surface area contributed by atoms with Crippen LogP contribution in [0.2, 0.25) is 0 Å². The van der Waals surface area contributed by atoms with Crippen LogP contribution in [0.5, 0.6) is 0 Å². The van der Waals surface area contributed by atoms with Gasteiger partial charge in [0, 0.05) is 36.3 Å². The lowest BCUT2D eigenvalue weighted by atomic mass is 9.70. The maximum Gasteiger partial charge on any atom is 0.311 e. The molecule has 4 fully saturated rings. The molecule has 0 aliphatic carbocycles. The van der Waals surface area contributed by atoms with E-state index in [1.165, 1.54) is 0 Å². The van der Waals surface area contributed by atoms with Crippen molar-refractivity contribution in [1.29, 1.82) is 0 Å². The summed E-state index contributed by atoms with van der Waals surface area (Å²) in [5.41, 5.74) is -1.28. The topological polar surface area (TPSA) is 181 Å². The van der Waals surface area contributed by atoms with Crippen LogP contribution in [0.25, 0.3) is 10.8 Å². The maximum absolute atomic E-state index is 14.6. The van der Waals surface area contributed by atoms with E-state index in [1.54, 1.807) is 20.8 Å². The second-order valence-electron chi connectivity index (χ2n) is 18.6. The first kappa shape index (κ1) is 47.5. The van der Waals surface area contributed by atoms with E-state index in [-0.39, 0.29) is 56.5 Å². The van der Waals surface area contributed by atoms with Crippen LogP contribution in [0.4, 0.5) is 0 Å². The second kappa shape index (κ2) is 19.8. The van der Waals surface area contributed by atoms with Gasteiger partial charge in [0.2, 0.25) is 0 Å². The Morgan fingerprint density at radius 3 is 2.45 bits per heavy atom. The molecule has 0 saturated carbocycles. The molecule has 0 aromatic heterocycles. The van der Waals surface area contributed by atoms with Gasteiger partial charge < -0.3 is 48.6 Å². The number of hydrogen-bond donors (Lipinski definition) is 2. The van der Waals surface area contributed by atoms with E-state index in [2.05, 4.69) is 10.5 Å². The Morgan fingerprint density at radius 2 is 1.73 bits per heavy atom. The summed E-state index contributed by atoms with van der Waals surface area (Å²) in [5.74, 6) is -4.90. The van der Waals surface area contributed by atoms with Crippen LogP contribution >= 0.6 is 0 Å². The Balaban J connectivity index is 1.33. The molecule has 342 valence electrons. The summed E-state index contributed by atoms with van der Waals surface area (Å²) in [6, 6.07) is 13.6. The Hall–Kier alpha value is -3.99. The van der Waals surface area contributed by atoms with E-state index in [9.17, 15) is 24.3 Å². The van der Waals surface area contributed by atoms with Crippen LogP contribution in [0, 0.1) is 29.6 Å². The van der Waals surface area contributed by atoms with Crippen molar-refractivity contribution in [2.24, 2.45) is 34.7 Å². The van der Waals surface area contributed by atoms with E-state index in [0.29, 0.717) is 25.1 Å². The number of aliphatic hydroxyl groups excluding tert-OH is 1. The normalized spacial score (nSPS) is 38.1. The number of benzene rings is 2. The molecule has 0 unspecified atom stereocenters. The fourth-order valence-corrected chi connectivity index (χ4v) is 10.3. The van der Waals surface area contributed by atoms with Crippen molar-refractivity contribution in [1.82, 2.24) is 10.2 Å². The predicted octanol–water partition coefficient (Wildman–Crippen LogP) is 4.97. The highest BCUT2D eigenvalue weighted by Crippen LogP contribution is 2.46. The molecular formula is C47H67N3O12. The van der Waals surface area contributed by atoms with Crippen LogP contribution in [0.15, 0.2) is 47.6 Å². The average Bonchev–Trinajstić information content (AvgIpc) is 3.57. The van der Waals surface area contributed by atoms with Gasteiger partial charge in [-0.2, -0.15) is 0 Å². The zero-order valence-corrected chi connectivity index (χ0v) is 38.0. The zero-order chi connectivity index (χ0) is 45.1. The molecule has 0 radical (unpaired) electrons. The highest BCUT2D eigenvalue weighted by Gasteiger charge is 2.57. The number of carbonyl (C=O) groups is 4. The number of ether oxygens (including phenoxy) is 6. The summed E-state index contributed by atoms with van der Waals surface area (Å²) < 4.78 is 38.9. The fourth-order valence-electron chi connectivity index (χ4n) is 10.3. The van der Waals surface area contributed by atoms with Crippen LogP contribution in [-0.4, -0.2) is 127 Å². The standard InChI is InChI=1S/C47H67N3O12/c1-11-37-47(8)35(20-39(52)62-47)28(4)40(53)26(2)21-46(7)43(61-45-41(54)36(50(9)10)19-27(3)59-45)29(5)42(30(6)44(55)60-37)56-23-33(24-57-46)49-58-25-38(51)48-22-32-17-14-16-31-15-12-13-18-34(31)32/h12-18,26-30,35-37,41-43,45,54H,11,19-25H2,1-10H3,(H,48,51)/b49-33-/t26-,27-,28-,29-,30-,35+,36+,37-,41-,42+,43-,45+,46-,47+/m1/s1. The smallest absolute Gasteiger partial charge is 0.311 e. The fraction of sp³-hybridized carbons (Fsp3) is 0.681. The van der Waals surface area contributed by atoms with Crippen molar-refractivity contribution >= 4 is 40.1 Å². The van der Waals surface area contributed by atoms with Gasteiger partial charge in [0.15, 0.2) is 12.9 Å². The SMILES string of the molecule is CC[C@H]1OC(=O)[C@H](C)[C@H]2OC/C(=N/OCC(=O)NCc3cccc4ccccc34)CO[C@](C)(C[C@@H](C)C(=O)[C@H](C)[C@@H]3CC(=O)O[C@]13C)[C@H](O[C@@H]1O[C@H](C)C[C@H](N(C)C)[C@H]1O)[C@@H]2C. The number of oxime groups is 1. The van der Waals surface area contributed by atoms with Crippen LogP contribution in [-0.2, 0) is 59.0 Å². The van der Waals surface area contributed by atoms with Crippen molar-refractivity contribution in [2.75, 3.05) is 33.9 Å².